The number of nitrogen functional groups attached to an aromatic ring is 1. The molecule has 108 valence electrons. The van der Waals surface area contributed by atoms with E-state index in [1.54, 1.807) is 18.1 Å². The molecule has 0 bridgehead atoms. The van der Waals surface area contributed by atoms with Gasteiger partial charge in [-0.3, -0.25) is 0 Å². The van der Waals surface area contributed by atoms with Crippen molar-refractivity contribution in [3.8, 4) is 0 Å². The minimum Gasteiger partial charge on any atom is -0.368 e. The minimum absolute atomic E-state index is 0.250. The highest BCUT2D eigenvalue weighted by atomic mass is 32.2. The van der Waals surface area contributed by atoms with Gasteiger partial charge in [-0.25, -0.2) is 9.97 Å². The molecule has 0 aliphatic rings. The lowest BCUT2D eigenvalue weighted by Gasteiger charge is -2.07. The Morgan fingerprint density at radius 2 is 1.91 bits per heavy atom. The van der Waals surface area contributed by atoms with Crippen molar-refractivity contribution in [2.45, 2.75) is 10.8 Å². The lowest BCUT2D eigenvalue weighted by Crippen LogP contribution is -1.97. The Kier molecular flexibility index (Phi) is 3.16. The van der Waals surface area contributed by atoms with Crippen molar-refractivity contribution in [3.63, 3.8) is 0 Å². The summed E-state index contributed by atoms with van der Waals surface area (Å²) in [6, 6.07) is 14.7. The molecule has 0 amide bonds. The molecule has 5 nitrogen and oxygen atoms in total. The molecule has 2 heterocycles. The van der Waals surface area contributed by atoms with Crippen LogP contribution in [0.5, 0.6) is 0 Å². The second-order valence-electron chi connectivity index (χ2n) is 4.92. The van der Waals surface area contributed by atoms with Crippen LogP contribution in [0.25, 0.3) is 21.9 Å². The zero-order chi connectivity index (χ0) is 14.9. The monoisotopic (exact) mass is 307 g/mol. The summed E-state index contributed by atoms with van der Waals surface area (Å²) in [6.07, 6.45) is 1.61. The highest BCUT2D eigenvalue weighted by Crippen LogP contribution is 2.29. The molecule has 4 rings (SSSR count). The molecule has 0 aliphatic heterocycles. The molecule has 6 heteroatoms. The first-order chi connectivity index (χ1) is 10.8. The Morgan fingerprint density at radius 1 is 1.05 bits per heavy atom. The van der Waals surface area contributed by atoms with Gasteiger partial charge in [0.2, 0.25) is 5.95 Å². The van der Waals surface area contributed by atoms with Gasteiger partial charge in [-0.1, -0.05) is 54.2 Å². The minimum atomic E-state index is 0.250. The molecule has 0 atom stereocenters. The molecular formula is C16H13N5S. The number of rotatable bonds is 3. The fourth-order valence-electron chi connectivity index (χ4n) is 2.49. The predicted octanol–water partition coefficient (Wildman–Crippen LogP) is 3.38. The van der Waals surface area contributed by atoms with Crippen LogP contribution >= 0.6 is 11.8 Å². The van der Waals surface area contributed by atoms with E-state index in [-0.39, 0.29) is 5.95 Å². The van der Waals surface area contributed by atoms with Gasteiger partial charge in [0.05, 0.1) is 6.33 Å². The van der Waals surface area contributed by atoms with Crippen molar-refractivity contribution in [1.29, 1.82) is 0 Å². The molecule has 22 heavy (non-hydrogen) atoms. The summed E-state index contributed by atoms with van der Waals surface area (Å²) >= 11 is 1.63. The van der Waals surface area contributed by atoms with E-state index in [2.05, 4.69) is 62.4 Å². The highest BCUT2D eigenvalue weighted by Gasteiger charge is 2.10. The second kappa shape index (κ2) is 5.31. The van der Waals surface area contributed by atoms with Crippen LogP contribution < -0.4 is 5.73 Å². The molecule has 4 aromatic rings. The Bertz CT molecular complexity index is 958. The summed E-state index contributed by atoms with van der Waals surface area (Å²) in [5.74, 6) is 1.06. The third-order valence-electron chi connectivity index (χ3n) is 3.51. The zero-order valence-electron chi connectivity index (χ0n) is 11.7. The molecule has 0 unspecified atom stereocenters. The number of aromatic amines is 1. The van der Waals surface area contributed by atoms with Crippen LogP contribution in [0.4, 0.5) is 5.95 Å². The quantitative estimate of drug-likeness (QED) is 0.448. The largest absolute Gasteiger partial charge is 0.368 e. The van der Waals surface area contributed by atoms with E-state index < -0.39 is 0 Å². The molecule has 3 N–H and O–H groups in total. The van der Waals surface area contributed by atoms with Crippen molar-refractivity contribution in [2.75, 3.05) is 5.73 Å². The third-order valence-corrected chi connectivity index (χ3v) is 4.54. The van der Waals surface area contributed by atoms with Crippen molar-refractivity contribution in [1.82, 2.24) is 19.9 Å². The summed E-state index contributed by atoms with van der Waals surface area (Å²) in [7, 11) is 0. The number of nitrogens with zero attached hydrogens (tertiary/aromatic N) is 3. The number of anilines is 1. The van der Waals surface area contributed by atoms with Gasteiger partial charge >= 0.3 is 0 Å². The smallest absolute Gasteiger partial charge is 0.223 e. The molecule has 2 aromatic heterocycles. The van der Waals surface area contributed by atoms with E-state index in [1.807, 2.05) is 0 Å². The molecule has 0 spiro atoms. The van der Waals surface area contributed by atoms with E-state index in [0.717, 1.165) is 16.3 Å². The van der Waals surface area contributed by atoms with Gasteiger partial charge in [0.1, 0.15) is 10.5 Å². The number of aromatic nitrogens is 4. The van der Waals surface area contributed by atoms with Gasteiger partial charge in [-0.15, -0.1) is 0 Å². The molecule has 0 radical (unpaired) electrons. The number of nitrogens with two attached hydrogens (primary N) is 1. The Morgan fingerprint density at radius 3 is 2.86 bits per heavy atom. The first kappa shape index (κ1) is 13.1. The van der Waals surface area contributed by atoms with E-state index in [4.69, 9.17) is 5.73 Å². The molecule has 0 saturated heterocycles. The first-order valence-corrected chi connectivity index (χ1v) is 7.86. The van der Waals surface area contributed by atoms with Gasteiger partial charge in [-0.2, -0.15) is 4.98 Å². The van der Waals surface area contributed by atoms with E-state index in [0.29, 0.717) is 5.65 Å². The number of hydrogen-bond acceptors (Lipinski definition) is 5. The van der Waals surface area contributed by atoms with Gasteiger partial charge in [0, 0.05) is 5.75 Å². The van der Waals surface area contributed by atoms with Crippen molar-refractivity contribution >= 4 is 39.6 Å². The topological polar surface area (TPSA) is 80.5 Å². The van der Waals surface area contributed by atoms with Crippen LogP contribution in [0.1, 0.15) is 5.56 Å². The zero-order valence-corrected chi connectivity index (χ0v) is 12.5. The van der Waals surface area contributed by atoms with E-state index in [1.165, 1.54) is 16.3 Å². The van der Waals surface area contributed by atoms with Crippen molar-refractivity contribution < 1.29 is 0 Å². The number of hydrogen-bond donors (Lipinski definition) is 2. The lowest BCUT2D eigenvalue weighted by molar-refractivity contribution is 1.10. The normalized spacial score (nSPS) is 11.3. The predicted molar refractivity (Wildman–Crippen MR) is 89.6 cm³/mol. The molecule has 2 aromatic carbocycles. The Hall–Kier alpha value is -2.60. The van der Waals surface area contributed by atoms with Gasteiger partial charge in [0.25, 0.3) is 0 Å². The summed E-state index contributed by atoms with van der Waals surface area (Å²) in [5, 5.41) is 3.34. The van der Waals surface area contributed by atoms with Crippen molar-refractivity contribution in [3.05, 3.63) is 54.4 Å². The maximum atomic E-state index is 5.75. The molecule has 0 saturated carbocycles. The number of fused-ring (bicyclic) bond motifs is 2. The summed E-state index contributed by atoms with van der Waals surface area (Å²) < 4.78 is 0. The third kappa shape index (κ3) is 2.27. The fraction of sp³-hybridized carbons (Fsp3) is 0.0625. The number of nitrogens with one attached hydrogen (secondary N) is 1. The average molecular weight is 307 g/mol. The average Bonchev–Trinajstić information content (AvgIpc) is 3.00. The maximum Gasteiger partial charge on any atom is 0.223 e. The molecular weight excluding hydrogens is 294 g/mol. The van der Waals surface area contributed by atoms with E-state index in [9.17, 15) is 0 Å². The molecule has 0 aliphatic carbocycles. The van der Waals surface area contributed by atoms with Crippen LogP contribution in [0.3, 0.4) is 0 Å². The second-order valence-corrected chi connectivity index (χ2v) is 5.88. The van der Waals surface area contributed by atoms with Gasteiger partial charge in [0.15, 0.2) is 5.65 Å². The van der Waals surface area contributed by atoms with E-state index >= 15 is 0 Å². The maximum absolute atomic E-state index is 5.75. The van der Waals surface area contributed by atoms with Crippen LogP contribution in [-0.4, -0.2) is 19.9 Å². The fourth-order valence-corrected chi connectivity index (χ4v) is 3.49. The van der Waals surface area contributed by atoms with Crippen LogP contribution in [0, 0.1) is 0 Å². The Balaban J connectivity index is 1.70. The number of H-pyrrole nitrogens is 1. The van der Waals surface area contributed by atoms with Crippen LogP contribution in [0.2, 0.25) is 0 Å². The summed E-state index contributed by atoms with van der Waals surface area (Å²) in [5.41, 5.74) is 8.46. The van der Waals surface area contributed by atoms with Gasteiger partial charge < -0.3 is 10.7 Å². The van der Waals surface area contributed by atoms with Crippen LogP contribution in [0.15, 0.2) is 53.8 Å². The number of benzene rings is 2. The SMILES string of the molecule is Nc1nc(SCc2cccc3ccccc23)c2[nH]cnc2n1. The number of imidazole rings is 1. The number of thioether (sulfide) groups is 1. The first-order valence-electron chi connectivity index (χ1n) is 6.87. The van der Waals surface area contributed by atoms with Crippen molar-refractivity contribution in [2.24, 2.45) is 0 Å². The lowest BCUT2D eigenvalue weighted by atomic mass is 10.1. The Labute approximate surface area is 131 Å². The van der Waals surface area contributed by atoms with Crippen LogP contribution in [-0.2, 0) is 5.75 Å². The summed E-state index contributed by atoms with van der Waals surface area (Å²) in [6.45, 7) is 0. The standard InChI is InChI=1S/C16H13N5S/c17-16-20-14-13(18-9-19-14)15(21-16)22-8-11-6-3-5-10-4-1-2-7-12(10)11/h1-7,9H,8H2,(H3,17,18,19,20,21). The molecule has 0 fully saturated rings. The highest BCUT2D eigenvalue weighted by molar-refractivity contribution is 7.98. The van der Waals surface area contributed by atoms with Gasteiger partial charge in [-0.05, 0) is 16.3 Å². The summed E-state index contributed by atoms with van der Waals surface area (Å²) in [4.78, 5) is 15.7.